The van der Waals surface area contributed by atoms with Crippen molar-refractivity contribution in [2.75, 3.05) is 13.1 Å². The van der Waals surface area contributed by atoms with Gasteiger partial charge in [-0.05, 0) is 38.1 Å². The van der Waals surface area contributed by atoms with E-state index in [1.807, 2.05) is 6.07 Å². The Morgan fingerprint density at radius 2 is 2.12 bits per heavy atom. The summed E-state index contributed by atoms with van der Waals surface area (Å²) in [6.07, 6.45) is 2.21. The van der Waals surface area contributed by atoms with Crippen LogP contribution in [-0.2, 0) is 5.41 Å². The predicted molar refractivity (Wildman–Crippen MR) is 69.0 cm³/mol. The monoisotopic (exact) mass is 250 g/mol. The highest BCUT2D eigenvalue weighted by atomic mass is 32.1. The predicted octanol–water partition coefficient (Wildman–Crippen LogP) is 3.08. The summed E-state index contributed by atoms with van der Waals surface area (Å²) in [5.41, 5.74) is 0.954. The fourth-order valence-corrected chi connectivity index (χ4v) is 3.50. The smallest absolute Gasteiger partial charge is 0.125 e. The fourth-order valence-electron chi connectivity index (χ4n) is 2.35. The summed E-state index contributed by atoms with van der Waals surface area (Å²) in [6.45, 7) is 4.35. The standard InChI is InChI=1S/C13H15FN2S/c1-13(4-6-15-7-5-13)12-16-10-8-9(14)2-3-11(10)17-12/h2-3,8,15H,4-7H2,1H3. The van der Waals surface area contributed by atoms with E-state index in [1.165, 1.54) is 12.1 Å². The largest absolute Gasteiger partial charge is 0.317 e. The summed E-state index contributed by atoms with van der Waals surface area (Å²) in [5, 5.41) is 4.52. The highest BCUT2D eigenvalue weighted by molar-refractivity contribution is 7.18. The lowest BCUT2D eigenvalue weighted by Crippen LogP contribution is -2.37. The Morgan fingerprint density at radius 3 is 2.88 bits per heavy atom. The van der Waals surface area contributed by atoms with Gasteiger partial charge in [0.2, 0.25) is 0 Å². The molecule has 1 aromatic carbocycles. The molecule has 1 aromatic heterocycles. The van der Waals surface area contributed by atoms with Crippen LogP contribution in [-0.4, -0.2) is 18.1 Å². The maximum Gasteiger partial charge on any atom is 0.125 e. The lowest BCUT2D eigenvalue weighted by molar-refractivity contribution is 0.334. The highest BCUT2D eigenvalue weighted by Crippen LogP contribution is 2.37. The first-order valence-electron chi connectivity index (χ1n) is 5.95. The van der Waals surface area contributed by atoms with Crippen LogP contribution in [0.3, 0.4) is 0 Å². The first-order chi connectivity index (χ1) is 8.17. The van der Waals surface area contributed by atoms with Crippen LogP contribution in [0.5, 0.6) is 0 Å². The zero-order valence-electron chi connectivity index (χ0n) is 9.79. The van der Waals surface area contributed by atoms with Crippen molar-refractivity contribution < 1.29 is 4.39 Å². The maximum atomic E-state index is 13.1. The van der Waals surface area contributed by atoms with Gasteiger partial charge in [-0.2, -0.15) is 0 Å². The van der Waals surface area contributed by atoms with Crippen molar-refractivity contribution in [1.82, 2.24) is 10.3 Å². The third kappa shape index (κ3) is 1.96. The Bertz CT molecular complexity index is 543. The molecule has 1 aliphatic rings. The van der Waals surface area contributed by atoms with Crippen LogP contribution in [0.15, 0.2) is 18.2 Å². The molecule has 1 aliphatic heterocycles. The van der Waals surface area contributed by atoms with Crippen LogP contribution in [0.1, 0.15) is 24.8 Å². The SMILES string of the molecule is CC1(c2nc3cc(F)ccc3s2)CCNCC1. The zero-order valence-corrected chi connectivity index (χ0v) is 10.6. The van der Waals surface area contributed by atoms with Gasteiger partial charge in [-0.1, -0.05) is 6.92 Å². The molecule has 2 heterocycles. The molecule has 1 N–H and O–H groups in total. The highest BCUT2D eigenvalue weighted by Gasteiger charge is 2.31. The molecule has 0 saturated carbocycles. The van der Waals surface area contributed by atoms with E-state index < -0.39 is 0 Å². The second kappa shape index (κ2) is 4.03. The zero-order chi connectivity index (χ0) is 11.9. The van der Waals surface area contributed by atoms with Gasteiger partial charge in [0.1, 0.15) is 5.82 Å². The summed E-state index contributed by atoms with van der Waals surface area (Å²) in [4.78, 5) is 4.62. The van der Waals surface area contributed by atoms with E-state index in [-0.39, 0.29) is 11.2 Å². The first-order valence-corrected chi connectivity index (χ1v) is 6.76. The summed E-state index contributed by atoms with van der Waals surface area (Å²) in [5.74, 6) is -0.204. The molecule has 0 radical (unpaired) electrons. The van der Waals surface area contributed by atoms with Gasteiger partial charge in [0, 0.05) is 11.5 Å². The van der Waals surface area contributed by atoms with Gasteiger partial charge in [-0.3, -0.25) is 0 Å². The molecule has 90 valence electrons. The Balaban J connectivity index is 2.05. The van der Waals surface area contributed by atoms with Gasteiger partial charge in [0.15, 0.2) is 0 Å². The Kier molecular flexibility index (Phi) is 2.64. The number of fused-ring (bicyclic) bond motifs is 1. The topological polar surface area (TPSA) is 24.9 Å². The van der Waals surface area contributed by atoms with Crippen LogP contribution in [0, 0.1) is 5.82 Å². The minimum Gasteiger partial charge on any atom is -0.317 e. The number of hydrogen-bond donors (Lipinski definition) is 1. The molecular weight excluding hydrogens is 235 g/mol. The number of benzene rings is 1. The Labute approximate surface area is 104 Å². The third-order valence-electron chi connectivity index (χ3n) is 3.57. The van der Waals surface area contributed by atoms with Crippen molar-refractivity contribution in [2.45, 2.75) is 25.2 Å². The molecule has 1 fully saturated rings. The van der Waals surface area contributed by atoms with E-state index in [2.05, 4.69) is 17.2 Å². The lowest BCUT2D eigenvalue weighted by Gasteiger charge is -2.31. The van der Waals surface area contributed by atoms with Gasteiger partial charge in [-0.25, -0.2) is 9.37 Å². The number of piperidine rings is 1. The average Bonchev–Trinajstić information content (AvgIpc) is 2.73. The van der Waals surface area contributed by atoms with E-state index >= 15 is 0 Å². The number of rotatable bonds is 1. The molecule has 0 aliphatic carbocycles. The minimum absolute atomic E-state index is 0.158. The van der Waals surface area contributed by atoms with Gasteiger partial charge in [0.25, 0.3) is 0 Å². The minimum atomic E-state index is -0.204. The summed E-state index contributed by atoms with van der Waals surface area (Å²) in [6, 6.07) is 4.87. The van der Waals surface area contributed by atoms with Crippen molar-refractivity contribution in [3.8, 4) is 0 Å². The van der Waals surface area contributed by atoms with Crippen molar-refractivity contribution >= 4 is 21.6 Å². The van der Waals surface area contributed by atoms with E-state index in [0.29, 0.717) is 0 Å². The molecule has 4 heteroatoms. The normalized spacial score (nSPS) is 19.6. The molecule has 0 unspecified atom stereocenters. The van der Waals surface area contributed by atoms with Gasteiger partial charge in [-0.15, -0.1) is 11.3 Å². The molecule has 1 saturated heterocycles. The van der Waals surface area contributed by atoms with Gasteiger partial charge < -0.3 is 5.32 Å². The first kappa shape index (κ1) is 11.1. The number of nitrogens with one attached hydrogen (secondary N) is 1. The van der Waals surface area contributed by atoms with E-state index in [9.17, 15) is 4.39 Å². The Hall–Kier alpha value is -1.00. The number of halogens is 1. The van der Waals surface area contributed by atoms with Crippen molar-refractivity contribution in [3.05, 3.63) is 29.0 Å². The summed E-state index contributed by atoms with van der Waals surface area (Å²) in [7, 11) is 0. The second-order valence-corrected chi connectivity index (χ2v) is 5.97. The van der Waals surface area contributed by atoms with Crippen molar-refractivity contribution in [3.63, 3.8) is 0 Å². The molecule has 2 nitrogen and oxygen atoms in total. The second-order valence-electron chi connectivity index (χ2n) is 4.94. The number of nitrogens with zero attached hydrogens (tertiary/aromatic N) is 1. The number of hydrogen-bond acceptors (Lipinski definition) is 3. The molecular formula is C13H15FN2S. The molecule has 0 bridgehead atoms. The Morgan fingerprint density at radius 1 is 1.35 bits per heavy atom. The summed E-state index contributed by atoms with van der Waals surface area (Å²) < 4.78 is 14.2. The van der Waals surface area contributed by atoms with E-state index in [1.54, 1.807) is 11.3 Å². The molecule has 0 spiro atoms. The van der Waals surface area contributed by atoms with Crippen LogP contribution in [0.25, 0.3) is 10.2 Å². The molecule has 3 rings (SSSR count). The maximum absolute atomic E-state index is 13.1. The van der Waals surface area contributed by atoms with Crippen LogP contribution >= 0.6 is 11.3 Å². The molecule has 0 atom stereocenters. The molecule has 2 aromatic rings. The average molecular weight is 250 g/mol. The van der Waals surface area contributed by atoms with Crippen LogP contribution in [0.2, 0.25) is 0 Å². The third-order valence-corrected chi connectivity index (χ3v) is 4.92. The van der Waals surface area contributed by atoms with Crippen molar-refractivity contribution in [2.24, 2.45) is 0 Å². The van der Waals surface area contributed by atoms with Crippen LogP contribution < -0.4 is 5.32 Å². The van der Waals surface area contributed by atoms with E-state index in [0.717, 1.165) is 41.2 Å². The van der Waals surface area contributed by atoms with E-state index in [4.69, 9.17) is 0 Å². The van der Waals surface area contributed by atoms with Crippen LogP contribution in [0.4, 0.5) is 4.39 Å². The van der Waals surface area contributed by atoms with Gasteiger partial charge in [0.05, 0.1) is 15.2 Å². The van der Waals surface area contributed by atoms with Gasteiger partial charge >= 0.3 is 0 Å². The molecule has 0 amide bonds. The lowest BCUT2D eigenvalue weighted by atomic mass is 9.82. The number of thiazole rings is 1. The summed E-state index contributed by atoms with van der Waals surface area (Å²) >= 11 is 1.71. The molecule has 17 heavy (non-hydrogen) atoms. The fraction of sp³-hybridized carbons (Fsp3) is 0.462. The van der Waals surface area contributed by atoms with Crippen molar-refractivity contribution in [1.29, 1.82) is 0 Å². The number of aromatic nitrogens is 1. The quantitative estimate of drug-likeness (QED) is 0.841.